The number of carbonyl (C=O) groups is 3. The van der Waals surface area contributed by atoms with Crippen LogP contribution in [-0.4, -0.2) is 53.4 Å². The molecule has 3 aliphatic heterocycles. The van der Waals surface area contributed by atoms with E-state index in [1.807, 2.05) is 6.92 Å². The molecule has 0 unspecified atom stereocenters. The number of aliphatic hydroxyl groups excluding tert-OH is 1. The van der Waals surface area contributed by atoms with E-state index in [4.69, 9.17) is 4.74 Å². The Labute approximate surface area is 197 Å². The van der Waals surface area contributed by atoms with Gasteiger partial charge in [-0.25, -0.2) is 0 Å². The third kappa shape index (κ3) is 3.04. The van der Waals surface area contributed by atoms with Crippen molar-refractivity contribution in [1.29, 1.82) is 0 Å². The zero-order valence-electron chi connectivity index (χ0n) is 19.0. The molecule has 174 valence electrons. The van der Waals surface area contributed by atoms with Crippen LogP contribution in [0.4, 0.5) is 5.69 Å². The number of likely N-dealkylation sites (tertiary alicyclic amines) is 1. The Morgan fingerprint density at radius 3 is 2.59 bits per heavy atom. The van der Waals surface area contributed by atoms with Gasteiger partial charge in [0.2, 0.25) is 0 Å². The molecule has 2 saturated heterocycles. The predicted octanol–water partition coefficient (Wildman–Crippen LogP) is 3.28. The van der Waals surface area contributed by atoms with Crippen LogP contribution in [0.5, 0.6) is 0 Å². The Hall–Kier alpha value is -3.71. The summed E-state index contributed by atoms with van der Waals surface area (Å²) in [4.78, 5) is 44.0. The lowest BCUT2D eigenvalue weighted by atomic mass is 9.81. The highest BCUT2D eigenvalue weighted by molar-refractivity contribution is 6.50. The fourth-order valence-electron chi connectivity index (χ4n) is 5.28. The molecule has 7 heteroatoms. The number of hydrogen-bond acceptors (Lipinski definition) is 5. The summed E-state index contributed by atoms with van der Waals surface area (Å²) >= 11 is 0. The number of fused-ring (bicyclic) bond motifs is 2. The monoisotopic (exact) mass is 458 g/mol. The molecule has 34 heavy (non-hydrogen) atoms. The number of rotatable bonds is 5. The lowest BCUT2D eigenvalue weighted by molar-refractivity contribution is -0.145. The quantitative estimate of drug-likeness (QED) is 0.322. The molecule has 0 aliphatic carbocycles. The third-order valence-corrected chi connectivity index (χ3v) is 6.86. The van der Waals surface area contributed by atoms with Gasteiger partial charge in [-0.2, -0.15) is 0 Å². The topological polar surface area (TPSA) is 87.2 Å². The Bertz CT molecular complexity index is 1230. The van der Waals surface area contributed by atoms with Crippen LogP contribution in [0.1, 0.15) is 29.5 Å². The van der Waals surface area contributed by atoms with Gasteiger partial charge in [0.25, 0.3) is 17.6 Å². The second-order valence-corrected chi connectivity index (χ2v) is 8.90. The average molecular weight is 459 g/mol. The van der Waals surface area contributed by atoms with Crippen LogP contribution in [0.15, 0.2) is 66.8 Å². The zero-order valence-corrected chi connectivity index (χ0v) is 19.0. The molecular formula is C27H26N2O5. The van der Waals surface area contributed by atoms with E-state index < -0.39 is 23.1 Å². The summed E-state index contributed by atoms with van der Waals surface area (Å²) in [6.07, 6.45) is 2.88. The van der Waals surface area contributed by atoms with Crippen LogP contribution >= 0.6 is 0 Å². The first-order valence-corrected chi connectivity index (χ1v) is 11.4. The van der Waals surface area contributed by atoms with Crippen molar-refractivity contribution >= 4 is 29.0 Å². The van der Waals surface area contributed by atoms with Crippen molar-refractivity contribution in [1.82, 2.24) is 4.90 Å². The summed E-state index contributed by atoms with van der Waals surface area (Å²) in [7, 11) is 0. The van der Waals surface area contributed by atoms with Crippen molar-refractivity contribution in [2.75, 3.05) is 24.6 Å². The minimum atomic E-state index is -1.77. The van der Waals surface area contributed by atoms with Crippen LogP contribution < -0.4 is 4.90 Å². The molecule has 5 rings (SSSR count). The predicted molar refractivity (Wildman–Crippen MR) is 127 cm³/mol. The van der Waals surface area contributed by atoms with Crippen molar-refractivity contribution in [3.05, 3.63) is 83.4 Å². The maximum Gasteiger partial charge on any atom is 0.296 e. The number of anilines is 1. The lowest BCUT2D eigenvalue weighted by Crippen LogP contribution is -2.53. The number of ether oxygens (including phenoxy) is 1. The second kappa shape index (κ2) is 8.25. The number of aryl methyl sites for hydroxylation is 1. The summed E-state index contributed by atoms with van der Waals surface area (Å²) in [6.45, 7) is 6.52. The third-order valence-electron chi connectivity index (χ3n) is 6.86. The number of ketones is 1. The van der Waals surface area contributed by atoms with Gasteiger partial charge < -0.3 is 19.6 Å². The zero-order chi connectivity index (χ0) is 24.0. The van der Waals surface area contributed by atoms with Crippen molar-refractivity contribution in [3.63, 3.8) is 0 Å². The Morgan fingerprint density at radius 2 is 1.91 bits per heavy atom. The highest BCUT2D eigenvalue weighted by atomic mass is 16.5. The number of nitrogens with zero attached hydrogens (tertiary/aromatic N) is 2. The fraction of sp³-hybridized carbons (Fsp3) is 0.296. The highest BCUT2D eigenvalue weighted by Gasteiger charge is 2.67. The SMILES string of the molecule is C=CCN1C(=O)[C@@]2(C(=C(O)c3ccc(C)cc3)C(=O)C(=O)N2C[C@H]2CCCO2)c2ccccc21. The minimum Gasteiger partial charge on any atom is -0.507 e. The Balaban J connectivity index is 1.79. The molecule has 2 fully saturated rings. The first-order valence-electron chi connectivity index (χ1n) is 11.4. The van der Waals surface area contributed by atoms with Crippen LogP contribution in [0, 0.1) is 6.92 Å². The van der Waals surface area contributed by atoms with Crippen molar-refractivity contribution in [3.8, 4) is 0 Å². The van der Waals surface area contributed by atoms with E-state index in [0.29, 0.717) is 23.4 Å². The molecule has 2 amide bonds. The van der Waals surface area contributed by atoms with Gasteiger partial charge in [0.1, 0.15) is 5.76 Å². The van der Waals surface area contributed by atoms with E-state index in [2.05, 4.69) is 6.58 Å². The lowest BCUT2D eigenvalue weighted by Gasteiger charge is -2.35. The van der Waals surface area contributed by atoms with Gasteiger partial charge in [-0.1, -0.05) is 54.1 Å². The smallest absolute Gasteiger partial charge is 0.296 e. The van der Waals surface area contributed by atoms with Crippen LogP contribution in [0.2, 0.25) is 0 Å². The van der Waals surface area contributed by atoms with Gasteiger partial charge in [-0.15, -0.1) is 6.58 Å². The van der Waals surface area contributed by atoms with Gasteiger partial charge >= 0.3 is 0 Å². The van der Waals surface area contributed by atoms with Crippen molar-refractivity contribution in [2.24, 2.45) is 0 Å². The summed E-state index contributed by atoms with van der Waals surface area (Å²) in [5.74, 6) is -2.51. The van der Waals surface area contributed by atoms with Gasteiger partial charge in [-0.05, 0) is 25.8 Å². The molecule has 2 aromatic rings. The number of para-hydroxylation sites is 1. The first kappa shape index (κ1) is 22.1. The number of Topliss-reactive ketones (excluding diaryl/α,β-unsaturated/α-hetero) is 1. The summed E-state index contributed by atoms with van der Waals surface area (Å²) in [5, 5.41) is 11.4. The number of hydrogen-bond donors (Lipinski definition) is 1. The van der Waals surface area contributed by atoms with E-state index >= 15 is 0 Å². The van der Waals surface area contributed by atoms with Gasteiger partial charge in [0, 0.05) is 30.8 Å². The molecule has 1 N–H and O–H groups in total. The number of carbonyl (C=O) groups excluding carboxylic acids is 3. The first-order chi connectivity index (χ1) is 16.4. The molecule has 0 bridgehead atoms. The standard InChI is InChI=1S/C27H26N2O5/c1-3-14-28-21-9-5-4-8-20(21)27(26(28)33)22(23(30)18-12-10-17(2)11-13-18)24(31)25(32)29(27)16-19-7-6-15-34-19/h3-5,8-13,19,30H,1,6-7,14-16H2,2H3/t19-,27+/m1/s1. The molecule has 2 aromatic carbocycles. The maximum atomic E-state index is 14.2. The normalized spacial score (nSPS) is 25.4. The molecule has 2 atom stereocenters. The van der Waals surface area contributed by atoms with Crippen molar-refractivity contribution in [2.45, 2.75) is 31.4 Å². The van der Waals surface area contributed by atoms with E-state index in [9.17, 15) is 19.5 Å². The highest BCUT2D eigenvalue weighted by Crippen LogP contribution is 2.53. The molecule has 3 heterocycles. The Kier molecular flexibility index (Phi) is 5.37. The number of amides is 2. The summed E-state index contributed by atoms with van der Waals surface area (Å²) < 4.78 is 5.77. The number of aliphatic hydroxyl groups is 1. The van der Waals surface area contributed by atoms with Crippen LogP contribution in [0.3, 0.4) is 0 Å². The molecule has 1 spiro atoms. The van der Waals surface area contributed by atoms with E-state index in [0.717, 1.165) is 18.4 Å². The minimum absolute atomic E-state index is 0.0806. The van der Waals surface area contributed by atoms with Crippen molar-refractivity contribution < 1.29 is 24.2 Å². The van der Waals surface area contributed by atoms with Crippen LogP contribution in [0.25, 0.3) is 5.76 Å². The van der Waals surface area contributed by atoms with Gasteiger partial charge in [0.15, 0.2) is 5.54 Å². The Morgan fingerprint density at radius 1 is 1.18 bits per heavy atom. The van der Waals surface area contributed by atoms with Crippen LogP contribution in [-0.2, 0) is 24.7 Å². The average Bonchev–Trinajstić information content (AvgIpc) is 3.49. The molecule has 0 aromatic heterocycles. The van der Waals surface area contributed by atoms with E-state index in [1.54, 1.807) is 54.6 Å². The number of benzene rings is 2. The molecule has 7 nitrogen and oxygen atoms in total. The largest absolute Gasteiger partial charge is 0.507 e. The maximum absolute atomic E-state index is 14.2. The molecule has 0 saturated carbocycles. The summed E-state index contributed by atoms with van der Waals surface area (Å²) in [6, 6.07) is 14.1. The molecular weight excluding hydrogens is 432 g/mol. The molecule has 0 radical (unpaired) electrons. The fourth-order valence-corrected chi connectivity index (χ4v) is 5.28. The van der Waals surface area contributed by atoms with Gasteiger partial charge in [0.05, 0.1) is 17.4 Å². The molecule has 3 aliphatic rings. The second-order valence-electron chi connectivity index (χ2n) is 8.90. The van der Waals surface area contributed by atoms with E-state index in [-0.39, 0.29) is 30.5 Å². The van der Waals surface area contributed by atoms with E-state index in [1.165, 1.54) is 9.80 Å². The van der Waals surface area contributed by atoms with Gasteiger partial charge in [-0.3, -0.25) is 14.4 Å². The summed E-state index contributed by atoms with van der Waals surface area (Å²) in [5.41, 5.74) is 0.448.